The largest absolute Gasteiger partial charge is 0.462 e. The molecule has 114 valence electrons. The standard InChI is InChI=1S/C13H22N2O4S/c1-6-9-10(13(16)19-7-2)12(20(14,17)18)11(8(3)4)15(9)5/h8H,6-7H2,1-5H3,(H2,14,17,18). The van der Waals surface area contributed by atoms with Crippen LogP contribution in [0.1, 0.15) is 55.4 Å². The first kappa shape index (κ1) is 16.7. The number of hydrogen-bond acceptors (Lipinski definition) is 4. The van der Waals surface area contributed by atoms with Crippen molar-refractivity contribution < 1.29 is 17.9 Å². The quantitative estimate of drug-likeness (QED) is 0.835. The zero-order valence-electron chi connectivity index (χ0n) is 12.6. The molecule has 0 aliphatic heterocycles. The number of carbonyl (C=O) groups excluding carboxylic acids is 1. The van der Waals surface area contributed by atoms with Gasteiger partial charge in [0.25, 0.3) is 0 Å². The van der Waals surface area contributed by atoms with Gasteiger partial charge >= 0.3 is 5.97 Å². The number of hydrogen-bond donors (Lipinski definition) is 1. The Morgan fingerprint density at radius 3 is 2.25 bits per heavy atom. The number of rotatable bonds is 5. The lowest BCUT2D eigenvalue weighted by Crippen LogP contribution is -2.19. The summed E-state index contributed by atoms with van der Waals surface area (Å²) in [6.07, 6.45) is 0.514. The van der Waals surface area contributed by atoms with Crippen LogP contribution in [0.4, 0.5) is 0 Å². The van der Waals surface area contributed by atoms with Crippen molar-refractivity contribution >= 4 is 16.0 Å². The van der Waals surface area contributed by atoms with Gasteiger partial charge in [-0.05, 0) is 19.3 Å². The summed E-state index contributed by atoms with van der Waals surface area (Å²) < 4.78 is 30.6. The summed E-state index contributed by atoms with van der Waals surface area (Å²) in [4.78, 5) is 12.0. The van der Waals surface area contributed by atoms with Crippen LogP contribution in [0.3, 0.4) is 0 Å². The lowest BCUT2D eigenvalue weighted by Gasteiger charge is -2.10. The third kappa shape index (κ3) is 2.88. The molecule has 1 heterocycles. The van der Waals surface area contributed by atoms with E-state index in [-0.39, 0.29) is 23.0 Å². The van der Waals surface area contributed by atoms with Gasteiger partial charge in [0.15, 0.2) is 0 Å². The molecule has 7 heteroatoms. The molecule has 0 amide bonds. The molecule has 0 saturated carbocycles. The van der Waals surface area contributed by atoms with Gasteiger partial charge < -0.3 is 9.30 Å². The van der Waals surface area contributed by atoms with Gasteiger partial charge in [0, 0.05) is 18.4 Å². The van der Waals surface area contributed by atoms with Crippen molar-refractivity contribution in [3.05, 3.63) is 17.0 Å². The minimum absolute atomic E-state index is 0.0723. The zero-order chi connectivity index (χ0) is 15.7. The summed E-state index contributed by atoms with van der Waals surface area (Å²) in [7, 11) is -2.26. The Balaban J connectivity index is 3.79. The number of primary sulfonamides is 1. The van der Waals surface area contributed by atoms with Crippen molar-refractivity contribution in [3.63, 3.8) is 0 Å². The highest BCUT2D eigenvalue weighted by Gasteiger charge is 2.32. The molecule has 0 aliphatic carbocycles. The summed E-state index contributed by atoms with van der Waals surface area (Å²) in [5.74, 6) is -0.724. The Morgan fingerprint density at radius 2 is 1.90 bits per heavy atom. The van der Waals surface area contributed by atoms with Crippen molar-refractivity contribution in [1.29, 1.82) is 0 Å². The van der Waals surface area contributed by atoms with Gasteiger partial charge in [-0.2, -0.15) is 0 Å². The third-order valence-electron chi connectivity index (χ3n) is 3.16. The topological polar surface area (TPSA) is 91.4 Å². The van der Waals surface area contributed by atoms with Crippen molar-refractivity contribution in [2.75, 3.05) is 6.61 Å². The fourth-order valence-corrected chi connectivity index (χ4v) is 3.64. The lowest BCUT2D eigenvalue weighted by molar-refractivity contribution is 0.0520. The van der Waals surface area contributed by atoms with E-state index in [1.807, 2.05) is 20.8 Å². The van der Waals surface area contributed by atoms with Crippen LogP contribution < -0.4 is 5.14 Å². The summed E-state index contributed by atoms with van der Waals surface area (Å²) in [6.45, 7) is 7.43. The number of esters is 1. The Kier molecular flexibility index (Phi) is 4.99. The van der Waals surface area contributed by atoms with Gasteiger partial charge in [0.2, 0.25) is 10.0 Å². The van der Waals surface area contributed by atoms with Gasteiger partial charge in [-0.15, -0.1) is 0 Å². The average molecular weight is 302 g/mol. The molecule has 1 aromatic rings. The van der Waals surface area contributed by atoms with E-state index in [1.165, 1.54) is 0 Å². The van der Waals surface area contributed by atoms with Crippen LogP contribution in [-0.2, 0) is 28.2 Å². The van der Waals surface area contributed by atoms with Gasteiger partial charge in [0.05, 0.1) is 6.61 Å². The molecule has 0 saturated heterocycles. The summed E-state index contributed by atoms with van der Waals surface area (Å²) in [6, 6.07) is 0. The Bertz CT molecular complexity index is 615. The minimum atomic E-state index is -4.01. The van der Waals surface area contributed by atoms with E-state index in [2.05, 4.69) is 0 Å². The second kappa shape index (κ2) is 5.97. The van der Waals surface area contributed by atoms with Crippen LogP contribution in [0.2, 0.25) is 0 Å². The predicted molar refractivity (Wildman–Crippen MR) is 76.2 cm³/mol. The molecule has 0 radical (unpaired) electrons. The third-order valence-corrected chi connectivity index (χ3v) is 4.14. The summed E-state index contributed by atoms with van der Waals surface area (Å²) in [5.41, 5.74) is 1.23. The van der Waals surface area contributed by atoms with E-state index in [1.54, 1.807) is 18.5 Å². The fraction of sp³-hybridized carbons (Fsp3) is 0.615. The molecule has 20 heavy (non-hydrogen) atoms. The smallest absolute Gasteiger partial charge is 0.341 e. The van der Waals surface area contributed by atoms with Crippen molar-refractivity contribution in [3.8, 4) is 0 Å². The molecule has 1 rings (SSSR count). The molecule has 0 unspecified atom stereocenters. The lowest BCUT2D eigenvalue weighted by atomic mass is 10.1. The van der Waals surface area contributed by atoms with E-state index in [0.717, 1.165) is 0 Å². The average Bonchev–Trinajstić information content (AvgIpc) is 2.62. The summed E-state index contributed by atoms with van der Waals surface area (Å²) >= 11 is 0. The second-order valence-corrected chi connectivity index (χ2v) is 6.37. The van der Waals surface area contributed by atoms with E-state index in [4.69, 9.17) is 9.88 Å². The highest BCUT2D eigenvalue weighted by molar-refractivity contribution is 7.89. The molecule has 0 spiro atoms. The van der Waals surface area contributed by atoms with E-state index in [0.29, 0.717) is 17.8 Å². The number of nitrogens with zero attached hydrogens (tertiary/aromatic N) is 1. The first-order valence-corrected chi connectivity index (χ1v) is 8.12. The predicted octanol–water partition coefficient (Wildman–Crippen LogP) is 1.53. The monoisotopic (exact) mass is 302 g/mol. The number of ether oxygens (including phenoxy) is 1. The number of sulfonamides is 1. The number of carbonyl (C=O) groups is 1. The van der Waals surface area contributed by atoms with Crippen LogP contribution >= 0.6 is 0 Å². The highest BCUT2D eigenvalue weighted by Crippen LogP contribution is 2.32. The van der Waals surface area contributed by atoms with Gasteiger partial charge in [0.1, 0.15) is 10.5 Å². The van der Waals surface area contributed by atoms with E-state index in [9.17, 15) is 13.2 Å². The fourth-order valence-electron chi connectivity index (χ4n) is 2.49. The molecule has 0 bridgehead atoms. The Morgan fingerprint density at radius 1 is 1.35 bits per heavy atom. The maximum atomic E-state index is 12.1. The maximum absolute atomic E-state index is 12.1. The van der Waals surface area contributed by atoms with Gasteiger partial charge in [-0.25, -0.2) is 18.4 Å². The molecular formula is C13H22N2O4S. The van der Waals surface area contributed by atoms with Crippen molar-refractivity contribution in [2.24, 2.45) is 12.2 Å². The zero-order valence-corrected chi connectivity index (χ0v) is 13.4. The molecule has 0 aliphatic rings. The Labute approximate surface area is 120 Å². The van der Waals surface area contributed by atoms with Gasteiger partial charge in [-0.1, -0.05) is 20.8 Å². The maximum Gasteiger partial charge on any atom is 0.341 e. The van der Waals surface area contributed by atoms with E-state index >= 15 is 0 Å². The number of nitrogens with two attached hydrogens (primary N) is 1. The first-order valence-electron chi connectivity index (χ1n) is 6.58. The van der Waals surface area contributed by atoms with Crippen LogP contribution in [0.5, 0.6) is 0 Å². The number of aromatic nitrogens is 1. The van der Waals surface area contributed by atoms with Crippen molar-refractivity contribution in [1.82, 2.24) is 4.57 Å². The molecule has 0 atom stereocenters. The van der Waals surface area contributed by atoms with Gasteiger partial charge in [-0.3, -0.25) is 0 Å². The van der Waals surface area contributed by atoms with Crippen molar-refractivity contribution in [2.45, 2.75) is 44.9 Å². The SMILES string of the molecule is CCOC(=O)c1c(S(N)(=O)=O)c(C(C)C)n(C)c1CC. The van der Waals surface area contributed by atoms with Crippen LogP contribution in [0, 0.1) is 0 Å². The minimum Gasteiger partial charge on any atom is -0.462 e. The molecule has 2 N–H and O–H groups in total. The Hall–Kier alpha value is -1.34. The normalized spacial score (nSPS) is 11.9. The molecular weight excluding hydrogens is 280 g/mol. The molecule has 0 fully saturated rings. The van der Waals surface area contributed by atoms with E-state index < -0.39 is 16.0 Å². The highest BCUT2D eigenvalue weighted by atomic mass is 32.2. The summed E-state index contributed by atoms with van der Waals surface area (Å²) in [5, 5.41) is 5.32. The molecule has 0 aromatic carbocycles. The molecule has 6 nitrogen and oxygen atoms in total. The molecule has 1 aromatic heterocycles. The van der Waals surface area contributed by atoms with Crippen LogP contribution in [0.25, 0.3) is 0 Å². The van der Waals surface area contributed by atoms with Crippen LogP contribution in [-0.4, -0.2) is 25.6 Å². The second-order valence-electron chi connectivity index (χ2n) is 4.87. The van der Waals surface area contributed by atoms with Crippen LogP contribution in [0.15, 0.2) is 4.90 Å². The first-order chi connectivity index (χ1) is 9.16.